The molecule has 0 amide bonds. The van der Waals surface area contributed by atoms with Crippen LogP contribution in [-0.2, 0) is 4.74 Å². The second kappa shape index (κ2) is 4.82. The topological polar surface area (TPSA) is 34.6 Å². The maximum atomic E-state index is 5.39. The number of rotatable bonds is 2. The highest BCUT2D eigenvalue weighted by Gasteiger charge is 2.12. The van der Waals surface area contributed by atoms with E-state index < -0.39 is 0 Å². The van der Waals surface area contributed by atoms with Crippen LogP contribution in [0.4, 0.5) is 5.69 Å². The first-order chi connectivity index (χ1) is 8.88. The maximum absolute atomic E-state index is 5.39. The molecule has 4 heteroatoms. The van der Waals surface area contributed by atoms with Gasteiger partial charge in [-0.25, -0.2) is 0 Å². The van der Waals surface area contributed by atoms with Gasteiger partial charge in [-0.2, -0.15) is 0 Å². The van der Waals surface area contributed by atoms with Crippen molar-refractivity contribution >= 4 is 16.6 Å². The minimum absolute atomic E-state index is 0.794. The third kappa shape index (κ3) is 1.99. The quantitative estimate of drug-likeness (QED) is 0.810. The molecule has 0 atom stereocenters. The van der Waals surface area contributed by atoms with E-state index in [1.807, 2.05) is 12.1 Å². The van der Waals surface area contributed by atoms with E-state index in [0.717, 1.165) is 43.0 Å². The fourth-order valence-corrected chi connectivity index (χ4v) is 2.31. The van der Waals surface area contributed by atoms with Gasteiger partial charge in [0.2, 0.25) is 0 Å². The monoisotopic (exact) mass is 244 g/mol. The lowest BCUT2D eigenvalue weighted by Crippen LogP contribution is -2.36. The molecule has 0 bridgehead atoms. The Hall–Kier alpha value is -1.81. The molecule has 1 aliphatic heterocycles. The first-order valence-electron chi connectivity index (χ1n) is 6.14. The van der Waals surface area contributed by atoms with Crippen molar-refractivity contribution in [3.05, 3.63) is 30.5 Å². The maximum Gasteiger partial charge on any atom is 0.129 e. The van der Waals surface area contributed by atoms with Gasteiger partial charge in [0.15, 0.2) is 0 Å². The molecule has 0 N–H and O–H groups in total. The zero-order valence-corrected chi connectivity index (χ0v) is 10.4. The summed E-state index contributed by atoms with van der Waals surface area (Å²) in [6, 6.07) is 8.20. The second-order valence-corrected chi connectivity index (χ2v) is 4.31. The number of aromatic nitrogens is 1. The van der Waals surface area contributed by atoms with Crippen LogP contribution in [-0.4, -0.2) is 38.4 Å². The Morgan fingerprint density at radius 3 is 2.83 bits per heavy atom. The van der Waals surface area contributed by atoms with Gasteiger partial charge in [-0.15, -0.1) is 0 Å². The lowest BCUT2D eigenvalue weighted by Gasteiger charge is -2.29. The van der Waals surface area contributed by atoms with Crippen LogP contribution in [0.15, 0.2) is 30.5 Å². The van der Waals surface area contributed by atoms with Crippen molar-refractivity contribution in [2.75, 3.05) is 38.3 Å². The molecule has 4 nitrogen and oxygen atoms in total. The average Bonchev–Trinajstić information content (AvgIpc) is 2.47. The van der Waals surface area contributed by atoms with Crippen LogP contribution in [0.1, 0.15) is 0 Å². The fraction of sp³-hybridized carbons (Fsp3) is 0.357. The number of anilines is 1. The lowest BCUT2D eigenvalue weighted by atomic mass is 10.1. The van der Waals surface area contributed by atoms with Crippen LogP contribution >= 0.6 is 0 Å². The number of ether oxygens (including phenoxy) is 2. The molecule has 94 valence electrons. The number of morpholine rings is 1. The van der Waals surface area contributed by atoms with Gasteiger partial charge in [0.1, 0.15) is 5.75 Å². The van der Waals surface area contributed by atoms with Gasteiger partial charge in [0, 0.05) is 30.4 Å². The van der Waals surface area contributed by atoms with Crippen molar-refractivity contribution in [3.63, 3.8) is 0 Å². The number of fused-ring (bicyclic) bond motifs is 1. The smallest absolute Gasteiger partial charge is 0.129 e. The number of benzene rings is 1. The molecule has 2 heterocycles. The summed E-state index contributed by atoms with van der Waals surface area (Å²) in [6.45, 7) is 3.46. The van der Waals surface area contributed by atoms with Gasteiger partial charge >= 0.3 is 0 Å². The van der Waals surface area contributed by atoms with E-state index in [1.165, 1.54) is 5.69 Å². The minimum Gasteiger partial charge on any atom is -0.496 e. The Bertz CT molecular complexity index is 550. The predicted octanol–water partition coefficient (Wildman–Crippen LogP) is 2.08. The van der Waals surface area contributed by atoms with Crippen molar-refractivity contribution in [1.82, 2.24) is 4.98 Å². The first kappa shape index (κ1) is 11.3. The molecule has 0 spiro atoms. The SMILES string of the molecule is COc1ccnc2ccc(N3CCOCC3)cc12. The van der Waals surface area contributed by atoms with Gasteiger partial charge in [0.05, 0.1) is 25.8 Å². The van der Waals surface area contributed by atoms with E-state index in [4.69, 9.17) is 9.47 Å². The standard InChI is InChI=1S/C14H16N2O2/c1-17-14-4-5-15-13-3-2-11(10-12(13)14)16-6-8-18-9-7-16/h2-5,10H,6-9H2,1H3. The van der Waals surface area contributed by atoms with Crippen LogP contribution in [0.3, 0.4) is 0 Å². The largest absolute Gasteiger partial charge is 0.496 e. The van der Waals surface area contributed by atoms with E-state index >= 15 is 0 Å². The van der Waals surface area contributed by atoms with Crippen molar-refractivity contribution in [2.24, 2.45) is 0 Å². The second-order valence-electron chi connectivity index (χ2n) is 4.31. The molecule has 1 fully saturated rings. The number of nitrogens with zero attached hydrogens (tertiary/aromatic N) is 2. The van der Waals surface area contributed by atoms with Gasteiger partial charge < -0.3 is 14.4 Å². The molecule has 0 unspecified atom stereocenters. The van der Waals surface area contributed by atoms with Crippen molar-refractivity contribution in [2.45, 2.75) is 0 Å². The molecule has 0 radical (unpaired) electrons. The number of methoxy groups -OCH3 is 1. The van der Waals surface area contributed by atoms with Gasteiger partial charge in [-0.1, -0.05) is 0 Å². The van der Waals surface area contributed by atoms with Gasteiger partial charge in [-0.3, -0.25) is 4.98 Å². The highest BCUT2D eigenvalue weighted by molar-refractivity contribution is 5.88. The summed E-state index contributed by atoms with van der Waals surface area (Å²) in [7, 11) is 1.69. The van der Waals surface area contributed by atoms with Crippen LogP contribution in [0.5, 0.6) is 5.75 Å². The van der Waals surface area contributed by atoms with Crippen LogP contribution in [0, 0.1) is 0 Å². The summed E-state index contributed by atoms with van der Waals surface area (Å²) in [6.07, 6.45) is 1.77. The van der Waals surface area contributed by atoms with Crippen molar-refractivity contribution in [3.8, 4) is 5.75 Å². The van der Waals surface area contributed by atoms with E-state index in [-0.39, 0.29) is 0 Å². The zero-order chi connectivity index (χ0) is 12.4. The van der Waals surface area contributed by atoms with Crippen molar-refractivity contribution in [1.29, 1.82) is 0 Å². The first-order valence-corrected chi connectivity index (χ1v) is 6.14. The Morgan fingerprint density at radius 2 is 2.06 bits per heavy atom. The number of hydrogen-bond donors (Lipinski definition) is 0. The predicted molar refractivity (Wildman–Crippen MR) is 71.3 cm³/mol. The number of hydrogen-bond acceptors (Lipinski definition) is 4. The number of pyridine rings is 1. The molecule has 1 aromatic heterocycles. The Morgan fingerprint density at radius 1 is 1.22 bits per heavy atom. The van der Waals surface area contributed by atoms with E-state index in [9.17, 15) is 0 Å². The Kier molecular flexibility index (Phi) is 3.02. The summed E-state index contributed by atoms with van der Waals surface area (Å²) in [5, 5.41) is 1.06. The normalized spacial score (nSPS) is 15.9. The summed E-state index contributed by atoms with van der Waals surface area (Å²) >= 11 is 0. The highest BCUT2D eigenvalue weighted by atomic mass is 16.5. The molecule has 0 saturated carbocycles. The molecule has 1 aromatic carbocycles. The average molecular weight is 244 g/mol. The van der Waals surface area contributed by atoms with E-state index in [0.29, 0.717) is 0 Å². The van der Waals surface area contributed by atoms with E-state index in [1.54, 1.807) is 13.3 Å². The highest BCUT2D eigenvalue weighted by Crippen LogP contribution is 2.28. The Balaban J connectivity index is 2.03. The van der Waals surface area contributed by atoms with Crippen LogP contribution in [0.2, 0.25) is 0 Å². The molecule has 3 rings (SSSR count). The van der Waals surface area contributed by atoms with Crippen LogP contribution in [0.25, 0.3) is 10.9 Å². The van der Waals surface area contributed by atoms with Gasteiger partial charge in [0.25, 0.3) is 0 Å². The molecular weight excluding hydrogens is 228 g/mol. The Labute approximate surface area is 106 Å². The lowest BCUT2D eigenvalue weighted by molar-refractivity contribution is 0.122. The summed E-state index contributed by atoms with van der Waals surface area (Å²) in [4.78, 5) is 6.68. The minimum atomic E-state index is 0.794. The summed E-state index contributed by atoms with van der Waals surface area (Å²) < 4.78 is 10.8. The molecule has 0 aliphatic carbocycles. The van der Waals surface area contributed by atoms with Crippen LogP contribution < -0.4 is 9.64 Å². The third-order valence-corrected chi connectivity index (χ3v) is 3.28. The zero-order valence-electron chi connectivity index (χ0n) is 10.4. The molecular formula is C14H16N2O2. The summed E-state index contributed by atoms with van der Waals surface area (Å²) in [5.41, 5.74) is 2.17. The van der Waals surface area contributed by atoms with E-state index in [2.05, 4.69) is 22.0 Å². The third-order valence-electron chi connectivity index (χ3n) is 3.28. The molecule has 18 heavy (non-hydrogen) atoms. The summed E-state index contributed by atoms with van der Waals surface area (Å²) in [5.74, 6) is 0.870. The molecule has 1 aliphatic rings. The fourth-order valence-electron chi connectivity index (χ4n) is 2.31. The van der Waals surface area contributed by atoms with Gasteiger partial charge in [-0.05, 0) is 24.3 Å². The molecule has 2 aromatic rings. The van der Waals surface area contributed by atoms with Crippen molar-refractivity contribution < 1.29 is 9.47 Å². The molecule has 1 saturated heterocycles.